The summed E-state index contributed by atoms with van der Waals surface area (Å²) in [6, 6.07) is 8.52. The summed E-state index contributed by atoms with van der Waals surface area (Å²) in [5.74, 6) is 3.48. The zero-order valence-corrected chi connectivity index (χ0v) is 17.3. The Bertz CT molecular complexity index is 802. The minimum Gasteiger partial charge on any atom is -0.495 e. The van der Waals surface area contributed by atoms with Crippen LogP contribution in [0.5, 0.6) is 5.75 Å². The number of benzene rings is 1. The van der Waals surface area contributed by atoms with Gasteiger partial charge in [0.15, 0.2) is 11.8 Å². The molecule has 0 bridgehead atoms. The molecule has 1 aliphatic heterocycles. The molecule has 0 saturated carbocycles. The van der Waals surface area contributed by atoms with E-state index in [1.165, 1.54) is 0 Å². The molecule has 1 aromatic heterocycles. The lowest BCUT2D eigenvalue weighted by molar-refractivity contribution is 0.408. The van der Waals surface area contributed by atoms with Gasteiger partial charge in [0.25, 0.3) is 0 Å². The Hall–Kier alpha value is -2.77. The van der Waals surface area contributed by atoms with Gasteiger partial charge in [0, 0.05) is 32.7 Å². The lowest BCUT2D eigenvalue weighted by atomic mass is 10.0. The van der Waals surface area contributed by atoms with E-state index in [0.717, 1.165) is 61.5 Å². The van der Waals surface area contributed by atoms with Crippen molar-refractivity contribution < 1.29 is 4.74 Å². The average molecular weight is 386 g/mol. The maximum atomic E-state index is 5.54. The smallest absolute Gasteiger partial charge is 0.191 e. The highest BCUT2D eigenvalue weighted by molar-refractivity contribution is 5.80. The fourth-order valence-corrected chi connectivity index (χ4v) is 3.46. The van der Waals surface area contributed by atoms with Crippen LogP contribution in [-0.4, -0.2) is 53.5 Å². The number of methoxy groups -OCH3 is 1. The number of ether oxygens (including phenoxy) is 1. The second-order valence-electron chi connectivity index (χ2n) is 7.02. The minimum absolute atomic E-state index is 0.317. The third kappa shape index (κ3) is 4.74. The number of aliphatic imine (C=N–C) groups is 1. The molecule has 8 nitrogen and oxygen atoms in total. The topological polar surface area (TPSA) is 79.6 Å². The summed E-state index contributed by atoms with van der Waals surface area (Å²) in [7, 11) is 3.69. The first-order valence-corrected chi connectivity index (χ1v) is 9.90. The molecule has 1 aromatic carbocycles. The Balaban J connectivity index is 1.67. The van der Waals surface area contributed by atoms with Gasteiger partial charge in [-0.15, -0.1) is 10.2 Å². The van der Waals surface area contributed by atoms with E-state index in [-0.39, 0.29) is 0 Å². The van der Waals surface area contributed by atoms with E-state index in [2.05, 4.69) is 44.8 Å². The van der Waals surface area contributed by atoms with Gasteiger partial charge < -0.3 is 24.8 Å². The van der Waals surface area contributed by atoms with E-state index < -0.39 is 0 Å². The normalized spacial score (nSPS) is 17.5. The molecule has 0 aliphatic carbocycles. The molecule has 1 fully saturated rings. The summed E-state index contributed by atoms with van der Waals surface area (Å²) in [6.45, 7) is 7.27. The molecule has 0 radical (unpaired) electrons. The maximum Gasteiger partial charge on any atom is 0.191 e. The molecular formula is C20H31N7O. The Morgan fingerprint density at radius 3 is 2.86 bits per heavy atom. The average Bonchev–Trinajstić information content (AvgIpc) is 3.04. The van der Waals surface area contributed by atoms with Gasteiger partial charge in [-0.1, -0.05) is 12.1 Å². The van der Waals surface area contributed by atoms with Gasteiger partial charge in [-0.2, -0.15) is 0 Å². The van der Waals surface area contributed by atoms with Crippen molar-refractivity contribution in [1.29, 1.82) is 0 Å². The minimum atomic E-state index is 0.317. The molecule has 0 amide bonds. The molecule has 2 aromatic rings. The number of rotatable bonds is 6. The quantitative estimate of drug-likeness (QED) is 0.584. The van der Waals surface area contributed by atoms with Gasteiger partial charge in [0.05, 0.1) is 12.8 Å². The summed E-state index contributed by atoms with van der Waals surface area (Å²) in [5.41, 5.74) is 1.15. The first kappa shape index (κ1) is 20.0. The number of hydrogen-bond donors (Lipinski definition) is 2. The van der Waals surface area contributed by atoms with E-state index in [9.17, 15) is 0 Å². The highest BCUT2D eigenvalue weighted by atomic mass is 16.5. The number of aryl methyl sites for hydroxylation is 1. The zero-order valence-electron chi connectivity index (χ0n) is 17.3. The van der Waals surface area contributed by atoms with Gasteiger partial charge >= 0.3 is 0 Å². The van der Waals surface area contributed by atoms with E-state index in [0.29, 0.717) is 12.6 Å². The number of aromatic nitrogens is 3. The Morgan fingerprint density at radius 1 is 1.32 bits per heavy atom. The summed E-state index contributed by atoms with van der Waals surface area (Å²) >= 11 is 0. The maximum absolute atomic E-state index is 5.54. The number of piperidine rings is 1. The number of para-hydroxylation sites is 2. The zero-order chi connectivity index (χ0) is 19.9. The Labute approximate surface area is 167 Å². The van der Waals surface area contributed by atoms with Crippen LogP contribution in [0.3, 0.4) is 0 Å². The molecule has 1 saturated heterocycles. The molecule has 1 aliphatic rings. The summed E-state index contributed by atoms with van der Waals surface area (Å²) in [5, 5.41) is 15.2. The van der Waals surface area contributed by atoms with Crippen LogP contribution in [0.2, 0.25) is 0 Å². The van der Waals surface area contributed by atoms with Crippen molar-refractivity contribution in [1.82, 2.24) is 25.4 Å². The summed E-state index contributed by atoms with van der Waals surface area (Å²) in [4.78, 5) is 7.10. The predicted molar refractivity (Wildman–Crippen MR) is 112 cm³/mol. The van der Waals surface area contributed by atoms with Crippen molar-refractivity contribution in [2.75, 3.05) is 31.6 Å². The molecule has 28 heavy (non-hydrogen) atoms. The first-order chi connectivity index (χ1) is 13.6. The van der Waals surface area contributed by atoms with Gasteiger partial charge in [-0.25, -0.2) is 4.99 Å². The van der Waals surface area contributed by atoms with Crippen LogP contribution in [-0.2, 0) is 13.6 Å². The lowest BCUT2D eigenvalue weighted by Crippen LogP contribution is -2.51. The fourth-order valence-electron chi connectivity index (χ4n) is 3.46. The predicted octanol–water partition coefficient (Wildman–Crippen LogP) is 1.86. The van der Waals surface area contributed by atoms with Crippen molar-refractivity contribution >= 4 is 11.6 Å². The van der Waals surface area contributed by atoms with Gasteiger partial charge in [-0.05, 0) is 38.8 Å². The fraction of sp³-hybridized carbons (Fsp3) is 0.550. The monoisotopic (exact) mass is 385 g/mol. The molecule has 152 valence electrons. The van der Waals surface area contributed by atoms with Crippen molar-refractivity contribution in [3.63, 3.8) is 0 Å². The van der Waals surface area contributed by atoms with Crippen LogP contribution in [0.15, 0.2) is 29.3 Å². The van der Waals surface area contributed by atoms with Crippen molar-refractivity contribution in [2.24, 2.45) is 12.0 Å². The van der Waals surface area contributed by atoms with E-state index in [4.69, 9.17) is 9.73 Å². The molecule has 1 unspecified atom stereocenters. The van der Waals surface area contributed by atoms with Crippen LogP contribution < -0.4 is 20.3 Å². The largest absolute Gasteiger partial charge is 0.495 e. The number of guanidine groups is 1. The van der Waals surface area contributed by atoms with E-state index in [1.807, 2.05) is 30.7 Å². The van der Waals surface area contributed by atoms with E-state index >= 15 is 0 Å². The highest BCUT2D eigenvalue weighted by Crippen LogP contribution is 2.29. The number of nitrogens with one attached hydrogen (secondary N) is 2. The highest BCUT2D eigenvalue weighted by Gasteiger charge is 2.22. The van der Waals surface area contributed by atoms with Crippen molar-refractivity contribution in [2.45, 2.75) is 39.3 Å². The third-order valence-electron chi connectivity index (χ3n) is 5.09. The second-order valence-corrected chi connectivity index (χ2v) is 7.02. The van der Waals surface area contributed by atoms with Crippen LogP contribution in [0.4, 0.5) is 5.69 Å². The van der Waals surface area contributed by atoms with Crippen molar-refractivity contribution in [3.8, 4) is 5.75 Å². The molecule has 0 spiro atoms. The van der Waals surface area contributed by atoms with Crippen LogP contribution >= 0.6 is 0 Å². The van der Waals surface area contributed by atoms with Gasteiger partial charge in [0.2, 0.25) is 0 Å². The van der Waals surface area contributed by atoms with Crippen LogP contribution in [0.1, 0.15) is 31.4 Å². The third-order valence-corrected chi connectivity index (χ3v) is 5.09. The number of anilines is 1. The Morgan fingerprint density at radius 2 is 2.14 bits per heavy atom. The van der Waals surface area contributed by atoms with E-state index in [1.54, 1.807) is 7.11 Å². The number of hydrogen-bond acceptors (Lipinski definition) is 5. The molecule has 2 N–H and O–H groups in total. The van der Waals surface area contributed by atoms with Crippen molar-refractivity contribution in [3.05, 3.63) is 35.9 Å². The van der Waals surface area contributed by atoms with Gasteiger partial charge in [-0.3, -0.25) is 0 Å². The number of nitrogens with zero attached hydrogens (tertiary/aromatic N) is 5. The standard InChI is InChI=1S/C20H31N7O/c1-5-21-20(22-13-19-25-24-15(2)26(19)3)23-16-9-8-12-27(14-16)17-10-6-7-11-18(17)28-4/h6-7,10-11,16H,5,8-9,12-14H2,1-4H3,(H2,21,22,23). The SMILES string of the molecule is CCNC(=NCc1nnc(C)n1C)NC1CCCN(c2ccccc2OC)C1. The molecular weight excluding hydrogens is 354 g/mol. The Kier molecular flexibility index (Phi) is 6.73. The lowest BCUT2D eigenvalue weighted by Gasteiger charge is -2.36. The molecule has 8 heteroatoms. The summed E-state index contributed by atoms with van der Waals surface area (Å²) < 4.78 is 7.51. The first-order valence-electron chi connectivity index (χ1n) is 9.90. The van der Waals surface area contributed by atoms with Crippen LogP contribution in [0.25, 0.3) is 0 Å². The van der Waals surface area contributed by atoms with Crippen LogP contribution in [0, 0.1) is 6.92 Å². The molecule has 2 heterocycles. The second kappa shape index (κ2) is 9.43. The summed E-state index contributed by atoms with van der Waals surface area (Å²) in [6.07, 6.45) is 2.23. The molecule has 3 rings (SSSR count). The molecule has 1 atom stereocenters. The van der Waals surface area contributed by atoms with Gasteiger partial charge in [0.1, 0.15) is 18.1 Å².